The summed E-state index contributed by atoms with van der Waals surface area (Å²) in [6.45, 7) is 19.9. The maximum atomic E-state index is 12.6. The maximum absolute atomic E-state index is 12.6. The number of furan rings is 1. The molecule has 0 spiro atoms. The van der Waals surface area contributed by atoms with Crippen LogP contribution in [0.3, 0.4) is 0 Å². The number of hydrogen-bond acceptors (Lipinski definition) is 4. The molecule has 1 N–H and O–H groups in total. The summed E-state index contributed by atoms with van der Waals surface area (Å²) in [6, 6.07) is 57.0. The number of nitrogens with zero attached hydrogens (tertiary/aromatic N) is 3. The molecule has 0 saturated heterocycles. The second-order valence-electron chi connectivity index (χ2n) is 20.4. The van der Waals surface area contributed by atoms with Crippen LogP contribution in [0.1, 0.15) is 79.0 Å². The van der Waals surface area contributed by atoms with Crippen molar-refractivity contribution >= 4 is 33.0 Å². The van der Waals surface area contributed by atoms with E-state index in [2.05, 4.69) is 200 Å². The number of phenols is 1. The standard InChI is InChI=1S/C60H54N3O2.Pt/c1-58(2,3)42-27-28-51(46(32-42)38-21-14-11-15-22-38)63-52-25-18-24-44(55(52)62-57(63)48-33-43(59(4,5)6)34-49(56(48)64)60(7,8)9)40-29-39(37-19-12-10-13-20-37)30-41(31-40)50-35-47-45-23-16-17-26-53(45)65-54(47)36-61-50;/h10-30,32-36,64H,1-9H3;/q-1;. The van der Waals surface area contributed by atoms with Gasteiger partial charge in [0.05, 0.1) is 28.5 Å². The molecule has 7 aromatic carbocycles. The second-order valence-corrected chi connectivity index (χ2v) is 20.4. The van der Waals surface area contributed by atoms with Crippen molar-refractivity contribution in [1.29, 1.82) is 0 Å². The van der Waals surface area contributed by atoms with Gasteiger partial charge in [0.2, 0.25) is 0 Å². The number of phenolic OH excluding ortho intramolecular Hbond substituents is 1. The van der Waals surface area contributed by atoms with Gasteiger partial charge in [-0.2, -0.15) is 0 Å². The van der Waals surface area contributed by atoms with Gasteiger partial charge in [0.1, 0.15) is 17.2 Å². The van der Waals surface area contributed by atoms with E-state index in [0.717, 1.165) is 94.4 Å². The van der Waals surface area contributed by atoms with Crippen LogP contribution >= 0.6 is 0 Å². The Labute approximate surface area is 402 Å². The Bertz CT molecular complexity index is 3430. The topological polar surface area (TPSA) is 64.1 Å². The Hall–Kier alpha value is -6.55. The van der Waals surface area contributed by atoms with Gasteiger partial charge < -0.3 is 9.52 Å². The van der Waals surface area contributed by atoms with Crippen LogP contribution in [0, 0.1) is 6.07 Å². The number of fused-ring (bicyclic) bond motifs is 4. The minimum atomic E-state index is -0.339. The van der Waals surface area contributed by atoms with E-state index < -0.39 is 0 Å². The summed E-state index contributed by atoms with van der Waals surface area (Å²) >= 11 is 0. The van der Waals surface area contributed by atoms with Gasteiger partial charge in [-0.3, -0.25) is 9.55 Å². The Morgan fingerprint density at radius 3 is 1.88 bits per heavy atom. The molecule has 0 bridgehead atoms. The number of pyridine rings is 1. The number of rotatable bonds is 6. The molecular formula is C60H54N3O2Pt-. The van der Waals surface area contributed by atoms with Gasteiger partial charge in [0.25, 0.3) is 0 Å². The second kappa shape index (κ2) is 16.7. The van der Waals surface area contributed by atoms with Crippen LogP contribution in [-0.2, 0) is 37.3 Å². The summed E-state index contributed by atoms with van der Waals surface area (Å²) in [5, 5.41) is 14.6. The summed E-state index contributed by atoms with van der Waals surface area (Å²) in [5.41, 5.74) is 15.4. The Balaban J connectivity index is 0.00000548. The zero-order chi connectivity index (χ0) is 45.4. The molecule has 0 unspecified atom stereocenters. The van der Waals surface area contributed by atoms with Crippen molar-refractivity contribution in [2.75, 3.05) is 0 Å². The average Bonchev–Trinajstić information content (AvgIpc) is 3.87. The van der Waals surface area contributed by atoms with Gasteiger partial charge in [-0.1, -0.05) is 188 Å². The van der Waals surface area contributed by atoms with Crippen LogP contribution in [0.4, 0.5) is 0 Å². The fraction of sp³-hybridized carbons (Fsp3) is 0.200. The number of imidazole rings is 1. The molecule has 0 aliphatic rings. The Morgan fingerprint density at radius 1 is 0.530 bits per heavy atom. The van der Waals surface area contributed by atoms with Gasteiger partial charge in [-0.25, -0.2) is 4.98 Å². The van der Waals surface area contributed by atoms with Crippen molar-refractivity contribution < 1.29 is 30.6 Å². The van der Waals surface area contributed by atoms with Crippen molar-refractivity contribution in [2.45, 2.75) is 78.6 Å². The monoisotopic (exact) mass is 1040 g/mol. The largest absolute Gasteiger partial charge is 0.507 e. The van der Waals surface area contributed by atoms with Gasteiger partial charge in [-0.05, 0) is 68.8 Å². The van der Waals surface area contributed by atoms with E-state index in [-0.39, 0.29) is 43.1 Å². The molecule has 66 heavy (non-hydrogen) atoms. The maximum Gasteiger partial charge on any atom is 0.152 e. The van der Waals surface area contributed by atoms with Gasteiger partial charge in [0.15, 0.2) is 5.58 Å². The van der Waals surface area contributed by atoms with Crippen molar-refractivity contribution in [3.63, 3.8) is 0 Å². The zero-order valence-corrected chi connectivity index (χ0v) is 41.3. The predicted molar refractivity (Wildman–Crippen MR) is 270 cm³/mol. The number of para-hydroxylation sites is 2. The first-order valence-corrected chi connectivity index (χ1v) is 22.5. The third-order valence-electron chi connectivity index (χ3n) is 12.7. The van der Waals surface area contributed by atoms with Gasteiger partial charge >= 0.3 is 0 Å². The molecule has 0 aliphatic heterocycles. The van der Waals surface area contributed by atoms with E-state index in [4.69, 9.17) is 14.4 Å². The molecule has 0 saturated carbocycles. The molecule has 0 atom stereocenters. The van der Waals surface area contributed by atoms with Gasteiger partial charge in [0, 0.05) is 48.7 Å². The van der Waals surface area contributed by atoms with Crippen LogP contribution in [0.15, 0.2) is 162 Å². The van der Waals surface area contributed by atoms with Crippen molar-refractivity contribution in [1.82, 2.24) is 14.5 Å². The number of benzene rings is 7. The van der Waals surface area contributed by atoms with Crippen molar-refractivity contribution in [3.05, 3.63) is 181 Å². The molecule has 0 fully saturated rings. The summed E-state index contributed by atoms with van der Waals surface area (Å²) in [4.78, 5) is 10.6. The summed E-state index contributed by atoms with van der Waals surface area (Å²) in [7, 11) is 0. The molecule has 0 aliphatic carbocycles. The smallest absolute Gasteiger partial charge is 0.152 e. The SMILES string of the molecule is CC(C)(C)c1ccc(-n2c(-c3cc(C(C)(C)C)cc(C(C)(C)C)c3O)nc3c(-c4[c-]c(-c5cc6c(cn5)oc5ccccc56)cc(-c5ccccc5)c4)cccc32)c(-c2ccccc2)c1.[Pt]. The Kier molecular flexibility index (Phi) is 11.3. The number of hydrogen-bond donors (Lipinski definition) is 1. The Morgan fingerprint density at radius 2 is 1.18 bits per heavy atom. The van der Waals surface area contributed by atoms with Crippen LogP contribution in [-0.4, -0.2) is 19.6 Å². The predicted octanol–water partition coefficient (Wildman–Crippen LogP) is 16.1. The zero-order valence-electron chi connectivity index (χ0n) is 39.0. The molecule has 0 radical (unpaired) electrons. The first-order chi connectivity index (χ1) is 31.0. The molecule has 3 aromatic heterocycles. The molecule has 6 heteroatoms. The first kappa shape index (κ1) is 44.6. The molecule has 5 nitrogen and oxygen atoms in total. The molecule has 0 amide bonds. The quantitative estimate of drug-likeness (QED) is 0.169. The van der Waals surface area contributed by atoms with Crippen molar-refractivity contribution in [2.24, 2.45) is 0 Å². The number of aromatic hydroxyl groups is 1. The van der Waals surface area contributed by atoms with Crippen LogP contribution in [0.5, 0.6) is 5.75 Å². The van der Waals surface area contributed by atoms with E-state index in [1.807, 2.05) is 30.5 Å². The molecule has 10 aromatic rings. The fourth-order valence-electron chi connectivity index (χ4n) is 9.03. The average molecular weight is 1040 g/mol. The fourth-order valence-corrected chi connectivity index (χ4v) is 9.03. The van der Waals surface area contributed by atoms with E-state index in [1.54, 1.807) is 0 Å². The minimum Gasteiger partial charge on any atom is -0.507 e. The normalized spacial score (nSPS) is 12.3. The van der Waals surface area contributed by atoms with E-state index in [0.29, 0.717) is 11.4 Å². The van der Waals surface area contributed by atoms with Crippen molar-refractivity contribution in [3.8, 4) is 67.5 Å². The molecule has 3 heterocycles. The minimum absolute atomic E-state index is 0. The molecular weight excluding hydrogens is 990 g/mol. The van der Waals surface area contributed by atoms with Gasteiger partial charge in [-0.15, -0.1) is 23.8 Å². The first-order valence-electron chi connectivity index (χ1n) is 22.5. The molecule has 332 valence electrons. The van der Waals surface area contributed by atoms with E-state index >= 15 is 0 Å². The third kappa shape index (κ3) is 8.09. The summed E-state index contributed by atoms with van der Waals surface area (Å²) < 4.78 is 8.45. The summed E-state index contributed by atoms with van der Waals surface area (Å²) in [5.74, 6) is 0.907. The third-order valence-corrected chi connectivity index (χ3v) is 12.7. The number of aromatic nitrogens is 3. The molecule has 10 rings (SSSR count). The van der Waals surface area contributed by atoms with Crippen LogP contribution < -0.4 is 0 Å². The van der Waals surface area contributed by atoms with Crippen LogP contribution in [0.25, 0.3) is 94.7 Å². The van der Waals surface area contributed by atoms with Crippen LogP contribution in [0.2, 0.25) is 0 Å². The van der Waals surface area contributed by atoms with E-state index in [1.165, 1.54) is 5.56 Å². The summed E-state index contributed by atoms with van der Waals surface area (Å²) in [6.07, 6.45) is 1.82. The van der Waals surface area contributed by atoms with E-state index in [9.17, 15) is 5.11 Å².